The van der Waals surface area contributed by atoms with Gasteiger partial charge in [0.05, 0.1) is 22.7 Å². The van der Waals surface area contributed by atoms with Crippen molar-refractivity contribution in [2.75, 3.05) is 15.7 Å². The summed E-state index contributed by atoms with van der Waals surface area (Å²) >= 11 is 0. The lowest BCUT2D eigenvalue weighted by Gasteiger charge is -2.36. The number of carbonyl (C=O) groups excluding carboxylic acids is 1. The van der Waals surface area contributed by atoms with E-state index in [0.717, 1.165) is 29.7 Å². The Kier molecular flexibility index (Phi) is 3.81. The largest absolute Gasteiger partial charge is 0.312 e. The summed E-state index contributed by atoms with van der Waals surface area (Å²) in [6.07, 6.45) is 3.15. The number of hydrogen-bond acceptors (Lipinski definition) is 3. The van der Waals surface area contributed by atoms with Crippen molar-refractivity contribution in [3.8, 4) is 0 Å². The number of amides is 1. The maximum absolute atomic E-state index is 13.7. The molecule has 0 aliphatic carbocycles. The number of sulfonamides is 1. The first-order valence-corrected chi connectivity index (χ1v) is 11.1. The van der Waals surface area contributed by atoms with Crippen LogP contribution < -0.4 is 9.21 Å². The fourth-order valence-electron chi connectivity index (χ4n) is 4.76. The zero-order valence-electron chi connectivity index (χ0n) is 15.6. The van der Waals surface area contributed by atoms with Crippen molar-refractivity contribution >= 4 is 27.3 Å². The van der Waals surface area contributed by atoms with Gasteiger partial charge in [0, 0.05) is 12.6 Å². The molecule has 2 aromatic carbocycles. The smallest absolute Gasteiger partial charge is 0.264 e. The predicted molar refractivity (Wildman–Crippen MR) is 105 cm³/mol. The first-order valence-electron chi connectivity index (χ1n) is 9.65. The van der Waals surface area contributed by atoms with E-state index in [0.29, 0.717) is 30.6 Å². The second-order valence-electron chi connectivity index (χ2n) is 7.88. The average Bonchev–Trinajstić information content (AvgIpc) is 2.99. The zero-order valence-corrected chi connectivity index (χ0v) is 16.4. The molecule has 5 rings (SSSR count). The van der Waals surface area contributed by atoms with Crippen LogP contribution in [0.1, 0.15) is 36.5 Å². The molecule has 0 saturated heterocycles. The van der Waals surface area contributed by atoms with Gasteiger partial charge in [-0.05, 0) is 79.6 Å². The van der Waals surface area contributed by atoms with Crippen molar-refractivity contribution in [2.45, 2.75) is 50.0 Å². The van der Waals surface area contributed by atoms with Gasteiger partial charge in [0.2, 0.25) is 5.91 Å². The van der Waals surface area contributed by atoms with Crippen molar-refractivity contribution < 1.29 is 17.6 Å². The molecule has 28 heavy (non-hydrogen) atoms. The number of halogens is 1. The van der Waals surface area contributed by atoms with E-state index in [1.807, 2.05) is 6.92 Å². The molecule has 7 heteroatoms. The molecule has 0 spiro atoms. The highest BCUT2D eigenvalue weighted by Crippen LogP contribution is 2.41. The molecular formula is C21H21FN2O3S. The molecule has 0 aromatic heterocycles. The van der Waals surface area contributed by atoms with Crippen LogP contribution in [0.25, 0.3) is 0 Å². The first-order chi connectivity index (χ1) is 13.4. The van der Waals surface area contributed by atoms with E-state index in [4.69, 9.17) is 0 Å². The highest BCUT2D eigenvalue weighted by atomic mass is 32.2. The molecule has 0 unspecified atom stereocenters. The predicted octanol–water partition coefficient (Wildman–Crippen LogP) is 3.19. The van der Waals surface area contributed by atoms with Crippen LogP contribution in [0.4, 0.5) is 15.8 Å². The second kappa shape index (κ2) is 6.04. The summed E-state index contributed by atoms with van der Waals surface area (Å²) < 4.78 is 42.3. The Hall–Kier alpha value is -2.41. The minimum atomic E-state index is -3.82. The fraction of sp³-hybridized carbons (Fsp3) is 0.381. The molecule has 146 valence electrons. The third-order valence-corrected chi connectivity index (χ3v) is 7.96. The van der Waals surface area contributed by atoms with Gasteiger partial charge in [0.15, 0.2) is 0 Å². The van der Waals surface area contributed by atoms with E-state index < -0.39 is 10.0 Å². The monoisotopic (exact) mass is 400 g/mol. The highest BCUT2D eigenvalue weighted by Gasteiger charge is 2.38. The van der Waals surface area contributed by atoms with Gasteiger partial charge >= 0.3 is 0 Å². The van der Waals surface area contributed by atoms with Gasteiger partial charge in [-0.15, -0.1) is 0 Å². The fourth-order valence-corrected chi connectivity index (χ4v) is 6.59. The van der Waals surface area contributed by atoms with Crippen LogP contribution in [0.5, 0.6) is 0 Å². The van der Waals surface area contributed by atoms with Crippen molar-refractivity contribution in [2.24, 2.45) is 0 Å². The van der Waals surface area contributed by atoms with Crippen molar-refractivity contribution in [1.29, 1.82) is 0 Å². The summed E-state index contributed by atoms with van der Waals surface area (Å²) in [5, 5.41) is 0. The van der Waals surface area contributed by atoms with Crippen molar-refractivity contribution in [3.63, 3.8) is 0 Å². The zero-order chi connectivity index (χ0) is 19.6. The molecule has 0 radical (unpaired) electrons. The Morgan fingerprint density at radius 3 is 2.68 bits per heavy atom. The third-order valence-electron chi connectivity index (χ3n) is 6.05. The number of rotatable bonds is 2. The SMILES string of the molecule is C[C@@H]1CCc2cc(F)ccc2N1S(=O)(=O)c1cc2c3c(c1)CC(=O)N3CCC2. The maximum atomic E-state index is 13.7. The van der Waals surface area contributed by atoms with Crippen LogP contribution in [0.15, 0.2) is 35.2 Å². The van der Waals surface area contributed by atoms with Crippen LogP contribution in [0.3, 0.4) is 0 Å². The van der Waals surface area contributed by atoms with Crippen molar-refractivity contribution in [3.05, 3.63) is 52.8 Å². The summed E-state index contributed by atoms with van der Waals surface area (Å²) in [6.45, 7) is 2.58. The third kappa shape index (κ3) is 2.49. The minimum absolute atomic E-state index is 0.0395. The Labute approximate surface area is 163 Å². The van der Waals surface area contributed by atoms with Gasteiger partial charge in [-0.2, -0.15) is 0 Å². The van der Waals surface area contributed by atoms with Gasteiger partial charge < -0.3 is 4.90 Å². The summed E-state index contributed by atoms with van der Waals surface area (Å²) in [7, 11) is -3.82. The Balaban J connectivity index is 1.65. The Morgan fingerprint density at radius 2 is 1.86 bits per heavy atom. The lowest BCUT2D eigenvalue weighted by molar-refractivity contribution is -0.117. The number of anilines is 2. The first kappa shape index (κ1) is 17.7. The normalized spacial score (nSPS) is 20.9. The summed E-state index contributed by atoms with van der Waals surface area (Å²) in [4.78, 5) is 14.3. The van der Waals surface area contributed by atoms with Crippen LogP contribution in [0, 0.1) is 5.82 Å². The van der Waals surface area contributed by atoms with Gasteiger partial charge in [0.25, 0.3) is 10.0 Å². The molecule has 2 aromatic rings. The summed E-state index contributed by atoms with van der Waals surface area (Å²) in [5.74, 6) is -0.316. The van der Waals surface area contributed by atoms with Crippen molar-refractivity contribution in [1.82, 2.24) is 0 Å². The van der Waals surface area contributed by atoms with E-state index in [1.165, 1.54) is 16.4 Å². The van der Waals surface area contributed by atoms with E-state index in [1.54, 1.807) is 23.1 Å². The van der Waals surface area contributed by atoms with Crippen LogP contribution in [-0.4, -0.2) is 26.9 Å². The molecule has 3 aliphatic heterocycles. The van der Waals surface area contributed by atoms with Gasteiger partial charge in [-0.25, -0.2) is 12.8 Å². The second-order valence-corrected chi connectivity index (χ2v) is 9.69. The molecule has 0 saturated carbocycles. The quantitative estimate of drug-likeness (QED) is 0.778. The highest BCUT2D eigenvalue weighted by molar-refractivity contribution is 7.92. The summed E-state index contributed by atoms with van der Waals surface area (Å²) in [6, 6.07) is 7.45. The molecule has 5 nitrogen and oxygen atoms in total. The van der Waals surface area contributed by atoms with Gasteiger partial charge in [-0.1, -0.05) is 0 Å². The topological polar surface area (TPSA) is 57.7 Å². The number of fused-ring (bicyclic) bond motifs is 1. The van der Waals surface area contributed by atoms with Crippen LogP contribution in [-0.2, 0) is 34.1 Å². The molecular weight excluding hydrogens is 379 g/mol. The number of benzene rings is 2. The molecule has 0 fully saturated rings. The van der Waals surface area contributed by atoms with E-state index in [-0.39, 0.29) is 29.1 Å². The van der Waals surface area contributed by atoms with E-state index in [2.05, 4.69) is 0 Å². The number of nitrogens with zero attached hydrogens (tertiary/aromatic N) is 2. The number of aryl methyl sites for hydroxylation is 2. The van der Waals surface area contributed by atoms with Gasteiger partial charge in [-0.3, -0.25) is 9.10 Å². The molecule has 1 atom stereocenters. The maximum Gasteiger partial charge on any atom is 0.264 e. The Morgan fingerprint density at radius 1 is 1.07 bits per heavy atom. The average molecular weight is 400 g/mol. The van der Waals surface area contributed by atoms with Gasteiger partial charge in [0.1, 0.15) is 5.82 Å². The van der Waals surface area contributed by atoms with Crippen LogP contribution in [0.2, 0.25) is 0 Å². The van der Waals surface area contributed by atoms with Crippen LogP contribution >= 0.6 is 0 Å². The molecule has 3 heterocycles. The summed E-state index contributed by atoms with van der Waals surface area (Å²) in [5.41, 5.74) is 3.89. The molecule has 0 N–H and O–H groups in total. The lowest BCUT2D eigenvalue weighted by atomic mass is 9.99. The molecule has 1 amide bonds. The number of hydrogen-bond donors (Lipinski definition) is 0. The number of carbonyl (C=O) groups is 1. The standard InChI is InChI=1S/C21H21FN2O3S/c1-13-4-5-14-9-17(22)6-7-19(14)24(13)28(26,27)18-10-15-3-2-8-23-20(25)12-16(11-18)21(15)23/h6-7,9-11,13H,2-5,8,12H2,1H3/t13-/m1/s1. The van der Waals surface area contributed by atoms with E-state index in [9.17, 15) is 17.6 Å². The molecule has 0 bridgehead atoms. The molecule has 3 aliphatic rings. The minimum Gasteiger partial charge on any atom is -0.312 e. The lowest BCUT2D eigenvalue weighted by Crippen LogP contribution is -2.42. The Bertz CT molecular complexity index is 1110. The van der Waals surface area contributed by atoms with E-state index >= 15 is 0 Å².